The molecule has 1 aromatic carbocycles. The van der Waals surface area contributed by atoms with Crippen molar-refractivity contribution in [1.29, 1.82) is 0 Å². The molecule has 2 N–H and O–H groups in total. The Labute approximate surface area is 120 Å². The molecular formula is C16H25FN2O. The van der Waals surface area contributed by atoms with Crippen molar-refractivity contribution >= 4 is 0 Å². The molecule has 0 spiro atoms. The normalized spacial score (nSPS) is 18.4. The fourth-order valence-corrected chi connectivity index (χ4v) is 2.93. The minimum absolute atomic E-state index is 0.0894. The van der Waals surface area contributed by atoms with Crippen LogP contribution in [0.1, 0.15) is 37.4 Å². The predicted molar refractivity (Wildman–Crippen MR) is 79.4 cm³/mol. The average Bonchev–Trinajstić information content (AvgIpc) is 2.41. The molecule has 1 saturated heterocycles. The van der Waals surface area contributed by atoms with Gasteiger partial charge in [0.2, 0.25) is 0 Å². The highest BCUT2D eigenvalue weighted by Crippen LogP contribution is 2.35. The standard InChI is InChI=1S/C16H25FN2O/c1-11(2)8-15(19-6-4-18-5-7-19)13-9-12(3)10-14(17)16(13)20/h9-11,15,18,20H,4-8H2,1-3H3/t15-/m1/s1. The van der Waals surface area contributed by atoms with Crippen LogP contribution in [0.15, 0.2) is 12.1 Å². The van der Waals surface area contributed by atoms with Gasteiger partial charge in [0.05, 0.1) is 0 Å². The number of hydrogen-bond acceptors (Lipinski definition) is 3. The lowest BCUT2D eigenvalue weighted by Crippen LogP contribution is -2.45. The molecule has 1 aromatic rings. The lowest BCUT2D eigenvalue weighted by Gasteiger charge is -2.36. The highest BCUT2D eigenvalue weighted by atomic mass is 19.1. The van der Waals surface area contributed by atoms with Crippen molar-refractivity contribution < 1.29 is 9.50 Å². The number of aromatic hydroxyl groups is 1. The van der Waals surface area contributed by atoms with E-state index < -0.39 is 5.82 Å². The van der Waals surface area contributed by atoms with Gasteiger partial charge in [-0.15, -0.1) is 0 Å². The second-order valence-corrected chi connectivity index (χ2v) is 6.12. The maximum Gasteiger partial charge on any atom is 0.165 e. The van der Waals surface area contributed by atoms with Crippen LogP contribution in [0.3, 0.4) is 0 Å². The average molecular weight is 280 g/mol. The van der Waals surface area contributed by atoms with Crippen LogP contribution in [-0.4, -0.2) is 36.2 Å². The summed E-state index contributed by atoms with van der Waals surface area (Å²) < 4.78 is 13.8. The van der Waals surface area contributed by atoms with Crippen LogP contribution in [0.4, 0.5) is 4.39 Å². The van der Waals surface area contributed by atoms with Gasteiger partial charge in [-0.05, 0) is 30.9 Å². The molecule has 112 valence electrons. The van der Waals surface area contributed by atoms with E-state index in [2.05, 4.69) is 24.1 Å². The summed E-state index contributed by atoms with van der Waals surface area (Å²) in [5.41, 5.74) is 1.59. The molecule has 3 nitrogen and oxygen atoms in total. The zero-order valence-electron chi connectivity index (χ0n) is 12.6. The van der Waals surface area contributed by atoms with Gasteiger partial charge in [-0.2, -0.15) is 0 Å². The zero-order chi connectivity index (χ0) is 14.7. The highest BCUT2D eigenvalue weighted by molar-refractivity contribution is 5.39. The first kappa shape index (κ1) is 15.3. The molecule has 0 unspecified atom stereocenters. The van der Waals surface area contributed by atoms with E-state index in [0.29, 0.717) is 5.92 Å². The van der Waals surface area contributed by atoms with Crippen LogP contribution in [0.25, 0.3) is 0 Å². The van der Waals surface area contributed by atoms with E-state index in [0.717, 1.165) is 43.7 Å². The number of aryl methyl sites for hydroxylation is 1. The topological polar surface area (TPSA) is 35.5 Å². The van der Waals surface area contributed by atoms with E-state index in [1.165, 1.54) is 6.07 Å². The van der Waals surface area contributed by atoms with E-state index in [1.54, 1.807) is 0 Å². The maximum absolute atomic E-state index is 13.8. The van der Waals surface area contributed by atoms with E-state index >= 15 is 0 Å². The van der Waals surface area contributed by atoms with Crippen molar-refractivity contribution in [2.45, 2.75) is 33.2 Å². The number of halogens is 1. The molecule has 0 radical (unpaired) electrons. The summed E-state index contributed by atoms with van der Waals surface area (Å²) in [6, 6.07) is 3.41. The van der Waals surface area contributed by atoms with Crippen molar-refractivity contribution in [1.82, 2.24) is 10.2 Å². The van der Waals surface area contributed by atoms with E-state index in [9.17, 15) is 9.50 Å². The Balaban J connectivity index is 2.34. The minimum atomic E-state index is -0.510. The third kappa shape index (κ3) is 3.49. The van der Waals surface area contributed by atoms with Crippen LogP contribution in [0.2, 0.25) is 0 Å². The number of benzene rings is 1. The Kier molecular flexibility index (Phi) is 5.00. The largest absolute Gasteiger partial charge is 0.505 e. The molecule has 1 atom stereocenters. The number of phenolic OH excluding ortho intramolecular Hbond substituents is 1. The van der Waals surface area contributed by atoms with Crippen LogP contribution in [0.5, 0.6) is 5.75 Å². The predicted octanol–water partition coefficient (Wildman–Crippen LogP) is 2.83. The zero-order valence-corrected chi connectivity index (χ0v) is 12.6. The van der Waals surface area contributed by atoms with Crippen LogP contribution in [0, 0.1) is 18.7 Å². The van der Waals surface area contributed by atoms with Crippen molar-refractivity contribution in [3.63, 3.8) is 0 Å². The van der Waals surface area contributed by atoms with E-state index in [1.807, 2.05) is 13.0 Å². The Morgan fingerprint density at radius 3 is 2.55 bits per heavy atom. The summed E-state index contributed by atoms with van der Waals surface area (Å²) in [7, 11) is 0. The fourth-order valence-electron chi connectivity index (χ4n) is 2.93. The molecule has 2 rings (SSSR count). The van der Waals surface area contributed by atoms with Crippen molar-refractivity contribution in [2.75, 3.05) is 26.2 Å². The second-order valence-electron chi connectivity index (χ2n) is 6.12. The van der Waals surface area contributed by atoms with Gasteiger partial charge in [0.25, 0.3) is 0 Å². The molecule has 1 fully saturated rings. The molecule has 20 heavy (non-hydrogen) atoms. The molecule has 0 bridgehead atoms. The van der Waals surface area contributed by atoms with Crippen molar-refractivity contribution in [3.05, 3.63) is 29.1 Å². The van der Waals surface area contributed by atoms with Crippen LogP contribution in [-0.2, 0) is 0 Å². The summed E-state index contributed by atoms with van der Waals surface area (Å²) in [6.07, 6.45) is 0.927. The van der Waals surface area contributed by atoms with Gasteiger partial charge < -0.3 is 10.4 Å². The summed E-state index contributed by atoms with van der Waals surface area (Å²) in [5.74, 6) is -0.193. The Bertz CT molecular complexity index is 456. The number of piperazine rings is 1. The number of phenols is 1. The lowest BCUT2D eigenvalue weighted by molar-refractivity contribution is 0.151. The Morgan fingerprint density at radius 2 is 1.95 bits per heavy atom. The molecule has 0 amide bonds. The molecular weight excluding hydrogens is 255 g/mol. The number of nitrogens with zero attached hydrogens (tertiary/aromatic N) is 1. The first-order chi connectivity index (χ1) is 9.49. The monoisotopic (exact) mass is 280 g/mol. The summed E-state index contributed by atoms with van der Waals surface area (Å²) in [6.45, 7) is 9.97. The van der Waals surface area contributed by atoms with Crippen molar-refractivity contribution in [2.24, 2.45) is 5.92 Å². The summed E-state index contributed by atoms with van der Waals surface area (Å²) in [5, 5.41) is 13.5. The van der Waals surface area contributed by atoms with Gasteiger partial charge in [0, 0.05) is 37.8 Å². The number of nitrogens with one attached hydrogen (secondary N) is 1. The van der Waals surface area contributed by atoms with Crippen LogP contribution >= 0.6 is 0 Å². The third-order valence-electron chi connectivity index (χ3n) is 3.88. The molecule has 4 heteroatoms. The van der Waals surface area contributed by atoms with Gasteiger partial charge in [-0.25, -0.2) is 4.39 Å². The molecule has 1 aliphatic rings. The van der Waals surface area contributed by atoms with E-state index in [-0.39, 0.29) is 11.8 Å². The minimum Gasteiger partial charge on any atom is -0.505 e. The number of rotatable bonds is 4. The smallest absolute Gasteiger partial charge is 0.165 e. The Hall–Kier alpha value is -1.13. The lowest BCUT2D eigenvalue weighted by atomic mass is 9.93. The third-order valence-corrected chi connectivity index (χ3v) is 3.88. The highest BCUT2D eigenvalue weighted by Gasteiger charge is 2.26. The molecule has 0 aromatic heterocycles. The SMILES string of the molecule is Cc1cc(F)c(O)c([C@@H](CC(C)C)N2CCNCC2)c1. The number of hydrogen-bond donors (Lipinski definition) is 2. The summed E-state index contributed by atoms with van der Waals surface area (Å²) in [4.78, 5) is 2.35. The Morgan fingerprint density at radius 1 is 1.30 bits per heavy atom. The van der Waals surface area contributed by atoms with E-state index in [4.69, 9.17) is 0 Å². The first-order valence-corrected chi connectivity index (χ1v) is 7.42. The summed E-state index contributed by atoms with van der Waals surface area (Å²) >= 11 is 0. The maximum atomic E-state index is 13.8. The fraction of sp³-hybridized carbons (Fsp3) is 0.625. The van der Waals surface area contributed by atoms with Gasteiger partial charge in [-0.1, -0.05) is 19.9 Å². The van der Waals surface area contributed by atoms with Crippen LogP contribution < -0.4 is 5.32 Å². The first-order valence-electron chi connectivity index (χ1n) is 7.42. The van der Waals surface area contributed by atoms with Gasteiger partial charge >= 0.3 is 0 Å². The van der Waals surface area contributed by atoms with Gasteiger partial charge in [0.1, 0.15) is 0 Å². The second kappa shape index (κ2) is 6.55. The van der Waals surface area contributed by atoms with Crippen molar-refractivity contribution in [3.8, 4) is 5.75 Å². The van der Waals surface area contributed by atoms with Gasteiger partial charge in [0.15, 0.2) is 11.6 Å². The molecule has 1 heterocycles. The molecule has 0 saturated carbocycles. The molecule has 1 aliphatic heterocycles. The van der Waals surface area contributed by atoms with Gasteiger partial charge in [-0.3, -0.25) is 4.90 Å². The quantitative estimate of drug-likeness (QED) is 0.890. The molecule has 0 aliphatic carbocycles.